The second kappa shape index (κ2) is 12.6. The molecule has 0 aromatic heterocycles. The quantitative estimate of drug-likeness (QED) is 0.800. The minimum atomic E-state index is -0.476. The van der Waals surface area contributed by atoms with Crippen LogP contribution < -0.4 is 0 Å². The van der Waals surface area contributed by atoms with E-state index < -0.39 is 6.10 Å². The lowest BCUT2D eigenvalue weighted by Crippen LogP contribution is -2.26. The van der Waals surface area contributed by atoms with Crippen molar-refractivity contribution in [2.75, 3.05) is 19.8 Å². The first kappa shape index (κ1) is 17.9. The van der Waals surface area contributed by atoms with Crippen LogP contribution in [-0.4, -0.2) is 37.1 Å². The Balaban J connectivity index is 2.20. The van der Waals surface area contributed by atoms with Gasteiger partial charge in [-0.3, -0.25) is 0 Å². The smallest absolute Gasteiger partial charge is 0.101 e. The van der Waals surface area contributed by atoms with Gasteiger partial charge in [-0.15, -0.1) is 0 Å². The van der Waals surface area contributed by atoms with Crippen molar-refractivity contribution in [2.45, 2.75) is 89.8 Å². The average Bonchev–Trinajstić information content (AvgIpc) is 2.44. The molecule has 1 rings (SSSR count). The Kier molecular flexibility index (Phi) is 11.3. The maximum absolute atomic E-state index is 9.77. The van der Waals surface area contributed by atoms with Crippen LogP contribution in [0.1, 0.15) is 77.6 Å². The molecule has 0 saturated heterocycles. The molecule has 1 N–H and O–H groups in total. The Morgan fingerprint density at radius 1 is 0.850 bits per heavy atom. The van der Waals surface area contributed by atoms with Crippen molar-refractivity contribution in [3.05, 3.63) is 0 Å². The van der Waals surface area contributed by atoms with E-state index in [1.165, 1.54) is 57.8 Å². The van der Waals surface area contributed by atoms with E-state index in [-0.39, 0.29) is 0 Å². The van der Waals surface area contributed by atoms with Gasteiger partial charge in [0, 0.05) is 6.61 Å². The summed E-state index contributed by atoms with van der Waals surface area (Å²) in [6.45, 7) is 3.41. The predicted molar refractivity (Wildman–Crippen MR) is 83.0 cm³/mol. The van der Waals surface area contributed by atoms with E-state index in [0.29, 0.717) is 25.9 Å². The molecule has 3 nitrogen and oxygen atoms in total. The fourth-order valence-corrected chi connectivity index (χ4v) is 2.84. The third-order valence-corrected chi connectivity index (χ3v) is 4.09. The maximum Gasteiger partial charge on any atom is 0.101 e. The zero-order chi connectivity index (χ0) is 14.5. The molecule has 1 fully saturated rings. The first-order valence-corrected chi connectivity index (χ1v) is 8.70. The molecule has 0 radical (unpaired) electrons. The van der Waals surface area contributed by atoms with E-state index in [0.717, 1.165) is 12.8 Å². The van der Waals surface area contributed by atoms with Gasteiger partial charge in [0.05, 0.1) is 19.3 Å². The van der Waals surface area contributed by atoms with Gasteiger partial charge < -0.3 is 14.6 Å². The van der Waals surface area contributed by atoms with E-state index in [2.05, 4.69) is 0 Å². The van der Waals surface area contributed by atoms with Crippen LogP contribution in [0, 0.1) is 0 Å². The third-order valence-electron chi connectivity index (χ3n) is 4.09. The van der Waals surface area contributed by atoms with Crippen LogP contribution in [-0.2, 0) is 9.47 Å². The lowest BCUT2D eigenvalue weighted by atomic mass is 9.99. The molecule has 1 atom stereocenters. The Bertz CT molecular complexity index is 196. The van der Waals surface area contributed by atoms with Crippen LogP contribution in [0.15, 0.2) is 0 Å². The summed E-state index contributed by atoms with van der Waals surface area (Å²) < 4.78 is 11.1. The molecule has 1 saturated carbocycles. The monoisotopic (exact) mass is 286 g/mol. The van der Waals surface area contributed by atoms with Crippen LogP contribution in [0.3, 0.4) is 0 Å². The lowest BCUT2D eigenvalue weighted by Gasteiger charge is -2.20. The van der Waals surface area contributed by atoms with Crippen LogP contribution in [0.4, 0.5) is 0 Å². The van der Waals surface area contributed by atoms with Gasteiger partial charge in [-0.05, 0) is 19.8 Å². The summed E-state index contributed by atoms with van der Waals surface area (Å²) in [5.41, 5.74) is 0. The zero-order valence-electron chi connectivity index (χ0n) is 13.3. The molecule has 0 heterocycles. The molecule has 3 heteroatoms. The second-order valence-corrected chi connectivity index (χ2v) is 6.03. The molecule has 1 aliphatic rings. The Morgan fingerprint density at radius 2 is 1.35 bits per heavy atom. The van der Waals surface area contributed by atoms with Crippen molar-refractivity contribution in [3.8, 4) is 0 Å². The molecule has 0 spiro atoms. The van der Waals surface area contributed by atoms with Crippen LogP contribution >= 0.6 is 0 Å². The van der Waals surface area contributed by atoms with E-state index in [4.69, 9.17) is 9.47 Å². The standard InChI is InChI=1S/C17H34O3/c1-2-19-14-16(18)15-20-17-12-10-8-6-4-3-5-7-9-11-13-17/h16-18H,2-15H2,1H3. The predicted octanol–water partition coefficient (Wildman–Crippen LogP) is 4.07. The van der Waals surface area contributed by atoms with Crippen molar-refractivity contribution >= 4 is 0 Å². The van der Waals surface area contributed by atoms with E-state index >= 15 is 0 Å². The molecular formula is C17H34O3. The molecule has 120 valence electrons. The number of rotatable bonds is 6. The topological polar surface area (TPSA) is 38.7 Å². The summed E-state index contributed by atoms with van der Waals surface area (Å²) in [4.78, 5) is 0. The molecular weight excluding hydrogens is 252 g/mol. The van der Waals surface area contributed by atoms with Gasteiger partial charge in [0.25, 0.3) is 0 Å². The van der Waals surface area contributed by atoms with Crippen molar-refractivity contribution in [2.24, 2.45) is 0 Å². The van der Waals surface area contributed by atoms with Gasteiger partial charge in [0.1, 0.15) is 6.10 Å². The van der Waals surface area contributed by atoms with Gasteiger partial charge in [0.2, 0.25) is 0 Å². The van der Waals surface area contributed by atoms with Gasteiger partial charge in [-0.25, -0.2) is 0 Å². The number of hydrogen-bond donors (Lipinski definition) is 1. The summed E-state index contributed by atoms with van der Waals surface area (Å²) in [5, 5.41) is 9.77. The molecule has 1 unspecified atom stereocenters. The largest absolute Gasteiger partial charge is 0.388 e. The van der Waals surface area contributed by atoms with Gasteiger partial charge in [0.15, 0.2) is 0 Å². The van der Waals surface area contributed by atoms with Gasteiger partial charge >= 0.3 is 0 Å². The summed E-state index contributed by atoms with van der Waals surface area (Å²) in [5.74, 6) is 0. The van der Waals surface area contributed by atoms with Gasteiger partial charge in [-0.1, -0.05) is 57.8 Å². The highest BCUT2D eigenvalue weighted by Gasteiger charge is 2.12. The SMILES string of the molecule is CCOCC(O)COC1CCCCCCCCCCC1. The molecule has 0 bridgehead atoms. The molecule has 0 aromatic rings. The fraction of sp³-hybridized carbons (Fsp3) is 1.00. The minimum Gasteiger partial charge on any atom is -0.388 e. The Hall–Kier alpha value is -0.120. The highest BCUT2D eigenvalue weighted by Crippen LogP contribution is 2.18. The second-order valence-electron chi connectivity index (χ2n) is 6.03. The van der Waals surface area contributed by atoms with Crippen LogP contribution in [0.5, 0.6) is 0 Å². The van der Waals surface area contributed by atoms with E-state index in [1.807, 2.05) is 6.92 Å². The molecule has 0 amide bonds. The van der Waals surface area contributed by atoms with Crippen LogP contribution in [0.25, 0.3) is 0 Å². The molecule has 0 aromatic carbocycles. The lowest BCUT2D eigenvalue weighted by molar-refractivity contribution is -0.0477. The number of aliphatic hydroxyl groups is 1. The normalized spacial score (nSPS) is 21.9. The summed E-state index contributed by atoms with van der Waals surface area (Å²) in [6.07, 6.45) is 14.4. The third kappa shape index (κ3) is 9.73. The van der Waals surface area contributed by atoms with E-state index in [9.17, 15) is 5.11 Å². The fourth-order valence-electron chi connectivity index (χ4n) is 2.84. The number of aliphatic hydroxyl groups excluding tert-OH is 1. The van der Waals surface area contributed by atoms with Crippen molar-refractivity contribution in [1.29, 1.82) is 0 Å². The Labute approximate surface area is 125 Å². The van der Waals surface area contributed by atoms with Crippen molar-refractivity contribution < 1.29 is 14.6 Å². The van der Waals surface area contributed by atoms with Gasteiger partial charge in [-0.2, -0.15) is 0 Å². The highest BCUT2D eigenvalue weighted by molar-refractivity contribution is 4.63. The van der Waals surface area contributed by atoms with E-state index in [1.54, 1.807) is 0 Å². The van der Waals surface area contributed by atoms with Crippen LogP contribution in [0.2, 0.25) is 0 Å². The summed E-state index contributed by atoms with van der Waals surface area (Å²) >= 11 is 0. The minimum absolute atomic E-state index is 0.339. The first-order valence-electron chi connectivity index (χ1n) is 8.70. The van der Waals surface area contributed by atoms with Crippen molar-refractivity contribution in [3.63, 3.8) is 0 Å². The van der Waals surface area contributed by atoms with Crippen molar-refractivity contribution in [1.82, 2.24) is 0 Å². The summed E-state index contributed by atoms with van der Waals surface area (Å²) in [6, 6.07) is 0. The first-order chi connectivity index (χ1) is 9.83. The summed E-state index contributed by atoms with van der Waals surface area (Å²) in [7, 11) is 0. The maximum atomic E-state index is 9.77. The molecule has 20 heavy (non-hydrogen) atoms. The number of ether oxygens (including phenoxy) is 2. The highest BCUT2D eigenvalue weighted by atomic mass is 16.5. The zero-order valence-corrected chi connectivity index (χ0v) is 13.3. The molecule has 1 aliphatic carbocycles. The molecule has 0 aliphatic heterocycles. The number of hydrogen-bond acceptors (Lipinski definition) is 3. The average molecular weight is 286 g/mol. The Morgan fingerprint density at radius 3 is 1.85 bits per heavy atom.